The highest BCUT2D eigenvalue weighted by molar-refractivity contribution is 5.90. The molecule has 2 amide bonds. The lowest BCUT2D eigenvalue weighted by atomic mass is 9.44. The Balaban J connectivity index is 1.21. The number of H-pyrrole nitrogens is 1. The number of hydrogen-bond donors (Lipinski definition) is 3. The lowest BCUT2D eigenvalue weighted by Gasteiger charge is -2.61. The van der Waals surface area contributed by atoms with E-state index in [1.807, 2.05) is 13.8 Å². The Morgan fingerprint density at radius 3 is 2.32 bits per heavy atom. The number of esters is 1. The van der Waals surface area contributed by atoms with Gasteiger partial charge < -0.3 is 25.1 Å². The van der Waals surface area contributed by atoms with Gasteiger partial charge in [0.1, 0.15) is 29.6 Å². The van der Waals surface area contributed by atoms with E-state index in [1.54, 1.807) is 33.9 Å². The van der Waals surface area contributed by atoms with Crippen LogP contribution in [0.1, 0.15) is 119 Å². The molecule has 0 spiro atoms. The molecule has 5 rings (SSSR count). The zero-order valence-electron chi connectivity index (χ0n) is 29.8. The van der Waals surface area contributed by atoms with Crippen molar-refractivity contribution in [3.63, 3.8) is 0 Å². The predicted octanol–water partition coefficient (Wildman–Crippen LogP) is 6.15. The van der Waals surface area contributed by atoms with E-state index >= 15 is 0 Å². The molecule has 4 saturated carbocycles. The first kappa shape index (κ1) is 35.4. The number of alkyl carbamates (subject to hydrolysis) is 1. The zero-order chi connectivity index (χ0) is 34.3. The summed E-state index contributed by atoms with van der Waals surface area (Å²) in [6.45, 7) is 15.7. The van der Waals surface area contributed by atoms with E-state index in [0.717, 1.165) is 38.5 Å². The van der Waals surface area contributed by atoms with Crippen LogP contribution in [0.3, 0.4) is 0 Å². The van der Waals surface area contributed by atoms with Gasteiger partial charge in [0.15, 0.2) is 0 Å². The summed E-state index contributed by atoms with van der Waals surface area (Å²) in [5.74, 6) is 1.94. The fourth-order valence-electron chi connectivity index (χ4n) is 10.3. The van der Waals surface area contributed by atoms with Gasteiger partial charge in [0.25, 0.3) is 0 Å². The number of carbonyl (C=O) groups excluding carboxylic acids is 4. The van der Waals surface area contributed by atoms with Crippen molar-refractivity contribution >= 4 is 23.8 Å². The molecular weight excluding hydrogens is 596 g/mol. The molecule has 0 radical (unpaired) electrons. The topological polar surface area (TPSA) is 139 Å². The van der Waals surface area contributed by atoms with Crippen molar-refractivity contribution in [2.24, 2.45) is 46.3 Å². The molecule has 47 heavy (non-hydrogen) atoms. The second kappa shape index (κ2) is 13.5. The van der Waals surface area contributed by atoms with Gasteiger partial charge in [-0.15, -0.1) is 0 Å². The van der Waals surface area contributed by atoms with E-state index in [4.69, 9.17) is 9.47 Å². The predicted molar refractivity (Wildman–Crippen MR) is 178 cm³/mol. The quantitative estimate of drug-likeness (QED) is 0.272. The third kappa shape index (κ3) is 7.41. The summed E-state index contributed by atoms with van der Waals surface area (Å²) >= 11 is 0. The highest BCUT2D eigenvalue weighted by Crippen LogP contribution is 2.67. The van der Waals surface area contributed by atoms with Crippen LogP contribution >= 0.6 is 0 Å². The number of carbonyl (C=O) groups is 4. The number of hydrogen-bond acceptors (Lipinski definition) is 7. The average molecular weight is 655 g/mol. The summed E-state index contributed by atoms with van der Waals surface area (Å²) in [5.41, 5.74) is 0.309. The molecule has 3 N–H and O–H groups in total. The van der Waals surface area contributed by atoms with Crippen LogP contribution in [0.25, 0.3) is 0 Å². The fraction of sp³-hybridized carbons (Fsp3) is 0.811. The molecule has 0 aliphatic heterocycles. The molecule has 1 aromatic heterocycles. The minimum Gasteiger partial charge on any atom is -0.461 e. The van der Waals surface area contributed by atoms with Crippen LogP contribution in [-0.2, 0) is 30.3 Å². The second-order valence-electron chi connectivity index (χ2n) is 17.0. The number of imidazole rings is 1. The van der Waals surface area contributed by atoms with Gasteiger partial charge in [-0.1, -0.05) is 27.7 Å². The first-order valence-electron chi connectivity index (χ1n) is 18.0. The van der Waals surface area contributed by atoms with E-state index in [-0.39, 0.29) is 35.2 Å². The van der Waals surface area contributed by atoms with Crippen LogP contribution in [-0.4, -0.2) is 57.5 Å². The second-order valence-corrected chi connectivity index (χ2v) is 17.0. The van der Waals surface area contributed by atoms with E-state index in [2.05, 4.69) is 34.4 Å². The summed E-state index contributed by atoms with van der Waals surface area (Å²) in [4.78, 5) is 59.4. The summed E-state index contributed by atoms with van der Waals surface area (Å²) < 4.78 is 11.6. The van der Waals surface area contributed by atoms with Gasteiger partial charge in [-0.05, 0) is 126 Å². The van der Waals surface area contributed by atoms with Gasteiger partial charge >= 0.3 is 12.1 Å². The lowest BCUT2D eigenvalue weighted by Crippen LogP contribution is -2.56. The molecule has 10 heteroatoms. The van der Waals surface area contributed by atoms with Crippen molar-refractivity contribution < 1.29 is 28.7 Å². The van der Waals surface area contributed by atoms with Crippen LogP contribution in [0.4, 0.5) is 4.79 Å². The third-order valence-electron chi connectivity index (χ3n) is 12.6. The SMILES string of the molecule is CC(=O)[C@H]1CC[C@H]2[C@@H]3CC[C@H]4C[C@H](OC(=O)[C@@H](NC(=O)[C@H](Cc5cnc[nH]5)NC(=O)OC(C)(C)C)C(C)C)CC[C@]4(C)[C@H]3CC[C@]12C. The molecule has 1 aromatic rings. The first-order chi connectivity index (χ1) is 22.0. The van der Waals surface area contributed by atoms with Gasteiger partial charge in [-0.2, -0.15) is 0 Å². The maximum Gasteiger partial charge on any atom is 0.408 e. The Morgan fingerprint density at radius 2 is 1.68 bits per heavy atom. The Bertz CT molecular complexity index is 1310. The minimum absolute atomic E-state index is 0.152. The molecule has 10 atom stereocenters. The molecule has 1 heterocycles. The number of amides is 2. The number of rotatable bonds is 9. The van der Waals surface area contributed by atoms with E-state index in [0.29, 0.717) is 35.1 Å². The van der Waals surface area contributed by atoms with Crippen LogP contribution in [0.2, 0.25) is 0 Å². The molecule has 0 aromatic carbocycles. The van der Waals surface area contributed by atoms with Gasteiger partial charge in [-0.3, -0.25) is 9.59 Å². The van der Waals surface area contributed by atoms with Crippen molar-refractivity contribution in [2.45, 2.75) is 143 Å². The highest BCUT2D eigenvalue weighted by atomic mass is 16.6. The molecule has 4 fully saturated rings. The Morgan fingerprint density at radius 1 is 0.979 bits per heavy atom. The molecular formula is C37H58N4O6. The molecule has 0 unspecified atom stereocenters. The fourth-order valence-corrected chi connectivity index (χ4v) is 10.3. The van der Waals surface area contributed by atoms with Crippen LogP contribution in [0.15, 0.2) is 12.5 Å². The molecule has 262 valence electrons. The molecule has 4 aliphatic rings. The maximum atomic E-state index is 13.7. The summed E-state index contributed by atoms with van der Waals surface area (Å²) in [7, 11) is 0. The number of ketones is 1. The van der Waals surface area contributed by atoms with Crippen molar-refractivity contribution in [3.05, 3.63) is 18.2 Å². The normalized spacial score (nSPS) is 34.7. The number of aromatic nitrogens is 2. The van der Waals surface area contributed by atoms with Crippen molar-refractivity contribution in [1.82, 2.24) is 20.6 Å². The Labute approximate surface area is 280 Å². The number of ether oxygens (including phenoxy) is 2. The van der Waals surface area contributed by atoms with Crippen LogP contribution in [0.5, 0.6) is 0 Å². The van der Waals surface area contributed by atoms with Crippen LogP contribution in [0, 0.1) is 46.3 Å². The highest BCUT2D eigenvalue weighted by Gasteiger charge is 2.61. The van der Waals surface area contributed by atoms with E-state index in [1.165, 1.54) is 25.6 Å². The molecule has 0 saturated heterocycles. The van der Waals surface area contributed by atoms with E-state index in [9.17, 15) is 19.2 Å². The summed E-state index contributed by atoms with van der Waals surface area (Å²) in [6.07, 6.45) is 12.0. The van der Waals surface area contributed by atoms with Gasteiger partial charge in [-0.25, -0.2) is 14.6 Å². The van der Waals surface area contributed by atoms with Crippen molar-refractivity contribution in [3.8, 4) is 0 Å². The average Bonchev–Trinajstić information content (AvgIpc) is 3.61. The number of aromatic amines is 1. The number of nitrogens with zero attached hydrogens (tertiary/aromatic N) is 1. The molecule has 10 nitrogen and oxygen atoms in total. The maximum absolute atomic E-state index is 13.7. The Kier molecular flexibility index (Phi) is 10.2. The third-order valence-corrected chi connectivity index (χ3v) is 12.6. The zero-order valence-corrected chi connectivity index (χ0v) is 29.8. The number of fused-ring (bicyclic) bond motifs is 5. The van der Waals surface area contributed by atoms with Gasteiger partial charge in [0.2, 0.25) is 5.91 Å². The van der Waals surface area contributed by atoms with E-state index < -0.39 is 35.7 Å². The lowest BCUT2D eigenvalue weighted by molar-refractivity contribution is -0.166. The number of Topliss-reactive ketones (excluding diaryl/α,β-unsaturated/α-hetero) is 1. The smallest absolute Gasteiger partial charge is 0.408 e. The Hall–Kier alpha value is -2.91. The van der Waals surface area contributed by atoms with Gasteiger partial charge in [0.05, 0.1) is 6.33 Å². The van der Waals surface area contributed by atoms with Crippen LogP contribution < -0.4 is 10.6 Å². The standard InChI is InChI=1S/C37H58N4O6/c1-21(2)31(41-32(43)30(18-24-19-38-20-39-24)40-34(45)47-35(4,5)6)33(44)46-25-13-15-36(7)23(17-25)9-10-26-28-12-11-27(22(3)42)37(28,8)16-14-29(26)36/h19-21,23,25-31H,9-18H2,1-8H3,(H,38,39)(H,40,45)(H,41,43)/t23-,25+,26-,27+,28-,29-,30-,31-,36-,37+/m0/s1. The largest absolute Gasteiger partial charge is 0.461 e. The summed E-state index contributed by atoms with van der Waals surface area (Å²) in [5, 5.41) is 5.55. The van der Waals surface area contributed by atoms with Gasteiger partial charge in [0, 0.05) is 24.2 Å². The molecule has 4 aliphatic carbocycles. The van der Waals surface area contributed by atoms with Crippen molar-refractivity contribution in [1.29, 1.82) is 0 Å². The monoisotopic (exact) mass is 654 g/mol. The first-order valence-corrected chi connectivity index (χ1v) is 18.0. The number of nitrogens with one attached hydrogen (secondary N) is 3. The molecule has 0 bridgehead atoms. The summed E-state index contributed by atoms with van der Waals surface area (Å²) in [6, 6.07) is -1.84. The van der Waals surface area contributed by atoms with Crippen molar-refractivity contribution in [2.75, 3.05) is 0 Å². The minimum atomic E-state index is -0.979.